The Hall–Kier alpha value is -1.07. The van der Waals surface area contributed by atoms with Gasteiger partial charge in [-0.3, -0.25) is 0 Å². The monoisotopic (exact) mass is 226 g/mol. The van der Waals surface area contributed by atoms with Gasteiger partial charge in [-0.2, -0.15) is 4.72 Å². The van der Waals surface area contributed by atoms with Crippen LogP contribution in [0.25, 0.3) is 0 Å². The van der Waals surface area contributed by atoms with E-state index in [0.717, 1.165) is 11.3 Å². The lowest BCUT2D eigenvalue weighted by Crippen LogP contribution is -2.39. The molecule has 0 spiro atoms. The van der Waals surface area contributed by atoms with Crippen LogP contribution in [0.4, 0.5) is 5.69 Å². The smallest absolute Gasteiger partial charge is 0.213 e. The van der Waals surface area contributed by atoms with Gasteiger partial charge in [-0.25, -0.2) is 8.42 Å². The van der Waals surface area contributed by atoms with Crippen molar-refractivity contribution >= 4 is 15.7 Å². The fraction of sp³-hybridized carbons (Fsp3) is 0.400. The van der Waals surface area contributed by atoms with Gasteiger partial charge in [0.05, 0.1) is 11.9 Å². The summed E-state index contributed by atoms with van der Waals surface area (Å²) >= 11 is 0. The number of nitrogens with one attached hydrogen (secondary N) is 2. The van der Waals surface area contributed by atoms with Crippen molar-refractivity contribution in [3.05, 3.63) is 29.8 Å². The second-order valence-electron chi connectivity index (χ2n) is 3.58. The molecule has 0 saturated heterocycles. The number of anilines is 1. The molecule has 2 N–H and O–H groups in total. The van der Waals surface area contributed by atoms with Gasteiger partial charge in [0, 0.05) is 12.1 Å². The maximum atomic E-state index is 11.4. The van der Waals surface area contributed by atoms with E-state index in [2.05, 4.69) is 10.0 Å². The maximum Gasteiger partial charge on any atom is 0.213 e. The fourth-order valence-electron chi connectivity index (χ4n) is 1.67. The molecule has 1 unspecified atom stereocenters. The Balaban J connectivity index is 2.08. The van der Waals surface area contributed by atoms with Gasteiger partial charge in [0.2, 0.25) is 10.0 Å². The molecule has 82 valence electrons. The molecule has 2 rings (SSSR count). The van der Waals surface area contributed by atoms with Crippen molar-refractivity contribution in [2.24, 2.45) is 0 Å². The van der Waals surface area contributed by atoms with Gasteiger partial charge < -0.3 is 5.32 Å². The molecular formula is C10H14N2O2S. The molecule has 1 heterocycles. The van der Waals surface area contributed by atoms with Crippen molar-refractivity contribution in [2.75, 3.05) is 11.1 Å². The molecule has 0 radical (unpaired) electrons. The number of para-hydroxylation sites is 1. The second kappa shape index (κ2) is 3.83. The third kappa shape index (κ3) is 2.30. The van der Waals surface area contributed by atoms with Gasteiger partial charge in [0.25, 0.3) is 0 Å². The summed E-state index contributed by atoms with van der Waals surface area (Å²) in [6.45, 7) is 1.63. The van der Waals surface area contributed by atoms with E-state index < -0.39 is 10.0 Å². The number of benzene rings is 1. The minimum atomic E-state index is -3.13. The predicted molar refractivity (Wildman–Crippen MR) is 60.2 cm³/mol. The number of hydrogen-bond acceptors (Lipinski definition) is 3. The van der Waals surface area contributed by atoms with Crippen LogP contribution in [-0.2, 0) is 16.4 Å². The van der Waals surface area contributed by atoms with E-state index in [-0.39, 0.29) is 11.9 Å². The summed E-state index contributed by atoms with van der Waals surface area (Å²) in [6, 6.07) is 7.85. The first-order chi connectivity index (χ1) is 7.11. The van der Waals surface area contributed by atoms with Crippen LogP contribution >= 0.6 is 0 Å². The Morgan fingerprint density at radius 3 is 2.87 bits per heavy atom. The van der Waals surface area contributed by atoms with Crippen LogP contribution in [0.2, 0.25) is 0 Å². The van der Waals surface area contributed by atoms with E-state index in [4.69, 9.17) is 0 Å². The lowest BCUT2D eigenvalue weighted by atomic mass is 10.2. The molecule has 5 heteroatoms. The Labute approximate surface area is 89.7 Å². The van der Waals surface area contributed by atoms with E-state index in [1.54, 1.807) is 6.92 Å². The third-order valence-electron chi connectivity index (χ3n) is 2.47. The average Bonchev–Trinajstić information content (AvgIpc) is 2.58. The predicted octanol–water partition coefficient (Wildman–Crippen LogP) is 0.920. The van der Waals surface area contributed by atoms with E-state index >= 15 is 0 Å². The molecule has 0 bridgehead atoms. The quantitative estimate of drug-likeness (QED) is 0.805. The normalized spacial score (nSPS) is 19.7. The van der Waals surface area contributed by atoms with E-state index in [1.807, 2.05) is 24.3 Å². The first kappa shape index (κ1) is 10.4. The van der Waals surface area contributed by atoms with E-state index in [9.17, 15) is 8.42 Å². The van der Waals surface area contributed by atoms with Crippen LogP contribution in [-0.4, -0.2) is 20.3 Å². The highest BCUT2D eigenvalue weighted by Crippen LogP contribution is 2.24. The Morgan fingerprint density at radius 2 is 2.20 bits per heavy atom. The van der Waals surface area contributed by atoms with Gasteiger partial charge in [-0.1, -0.05) is 18.2 Å². The molecule has 15 heavy (non-hydrogen) atoms. The second-order valence-corrected chi connectivity index (χ2v) is 5.62. The van der Waals surface area contributed by atoms with Crippen LogP contribution in [0, 0.1) is 0 Å². The Bertz CT molecular complexity index is 431. The van der Waals surface area contributed by atoms with Crippen molar-refractivity contribution < 1.29 is 8.42 Å². The van der Waals surface area contributed by atoms with Gasteiger partial charge in [0.1, 0.15) is 0 Å². The number of hydrogen-bond donors (Lipinski definition) is 2. The number of fused-ring (bicyclic) bond motifs is 1. The van der Waals surface area contributed by atoms with Gasteiger partial charge in [0.15, 0.2) is 0 Å². The molecule has 1 aromatic rings. The number of sulfonamides is 1. The minimum absolute atomic E-state index is 0.113. The van der Waals surface area contributed by atoms with E-state index in [0.29, 0.717) is 6.42 Å². The van der Waals surface area contributed by atoms with Crippen LogP contribution in [0.5, 0.6) is 0 Å². The first-order valence-electron chi connectivity index (χ1n) is 4.95. The standard InChI is InChI=1S/C10H14N2O2S/c1-2-15(13,14)12-10-7-8-5-3-4-6-9(8)11-10/h3-6,10-12H,2,7H2,1H3. The van der Waals surface area contributed by atoms with Crippen LogP contribution < -0.4 is 10.0 Å². The van der Waals surface area contributed by atoms with Crippen molar-refractivity contribution in [3.8, 4) is 0 Å². The molecule has 1 aliphatic rings. The molecule has 0 aliphatic carbocycles. The highest BCUT2D eigenvalue weighted by Gasteiger charge is 2.23. The lowest BCUT2D eigenvalue weighted by molar-refractivity contribution is 0.568. The number of rotatable bonds is 3. The zero-order valence-corrected chi connectivity index (χ0v) is 9.34. The highest BCUT2D eigenvalue weighted by molar-refractivity contribution is 7.89. The van der Waals surface area contributed by atoms with Crippen molar-refractivity contribution in [1.82, 2.24) is 4.72 Å². The van der Waals surface area contributed by atoms with Gasteiger partial charge in [-0.15, -0.1) is 0 Å². The third-order valence-corrected chi connectivity index (χ3v) is 3.88. The summed E-state index contributed by atoms with van der Waals surface area (Å²) in [5, 5.41) is 3.13. The zero-order chi connectivity index (χ0) is 10.9. The Morgan fingerprint density at radius 1 is 1.47 bits per heavy atom. The fourth-order valence-corrected chi connectivity index (χ4v) is 2.41. The Kier molecular flexibility index (Phi) is 2.67. The maximum absolute atomic E-state index is 11.4. The first-order valence-corrected chi connectivity index (χ1v) is 6.60. The van der Waals surface area contributed by atoms with Crippen LogP contribution in [0.3, 0.4) is 0 Å². The molecule has 0 saturated carbocycles. The molecule has 0 fully saturated rings. The van der Waals surface area contributed by atoms with Gasteiger partial charge in [-0.05, 0) is 18.6 Å². The average molecular weight is 226 g/mol. The van der Waals surface area contributed by atoms with Gasteiger partial charge >= 0.3 is 0 Å². The van der Waals surface area contributed by atoms with Crippen molar-refractivity contribution in [3.63, 3.8) is 0 Å². The molecular weight excluding hydrogens is 212 g/mol. The summed E-state index contributed by atoms with van der Waals surface area (Å²) in [5.41, 5.74) is 2.17. The largest absolute Gasteiger partial charge is 0.368 e. The summed E-state index contributed by atoms with van der Waals surface area (Å²) in [7, 11) is -3.13. The SMILES string of the molecule is CCS(=O)(=O)NC1Cc2ccccc2N1. The van der Waals surface area contributed by atoms with Crippen LogP contribution in [0.1, 0.15) is 12.5 Å². The van der Waals surface area contributed by atoms with Crippen LogP contribution in [0.15, 0.2) is 24.3 Å². The summed E-state index contributed by atoms with van der Waals surface area (Å²) in [6.07, 6.45) is 0.502. The molecule has 1 aliphatic heterocycles. The zero-order valence-electron chi connectivity index (χ0n) is 8.53. The summed E-state index contributed by atoms with van der Waals surface area (Å²) in [5.74, 6) is 0.113. The highest BCUT2D eigenvalue weighted by atomic mass is 32.2. The molecule has 4 nitrogen and oxygen atoms in total. The molecule has 1 atom stereocenters. The molecule has 0 aromatic heterocycles. The minimum Gasteiger partial charge on any atom is -0.368 e. The van der Waals surface area contributed by atoms with Crippen molar-refractivity contribution in [2.45, 2.75) is 19.5 Å². The summed E-state index contributed by atoms with van der Waals surface area (Å²) < 4.78 is 25.3. The molecule has 1 aromatic carbocycles. The van der Waals surface area contributed by atoms with E-state index in [1.165, 1.54) is 0 Å². The lowest BCUT2D eigenvalue weighted by Gasteiger charge is -2.12. The summed E-state index contributed by atoms with van der Waals surface area (Å²) in [4.78, 5) is 0. The topological polar surface area (TPSA) is 58.2 Å². The molecule has 0 amide bonds. The van der Waals surface area contributed by atoms with Crippen molar-refractivity contribution in [1.29, 1.82) is 0 Å².